The van der Waals surface area contributed by atoms with Gasteiger partial charge in [-0.25, -0.2) is 28.3 Å². The molecule has 1 aromatic heterocycles. The molecule has 262 valence electrons. The monoisotopic (exact) mass is 696 g/mol. The summed E-state index contributed by atoms with van der Waals surface area (Å²) in [6.07, 6.45) is -4.91. The fourth-order valence-corrected chi connectivity index (χ4v) is 6.34. The van der Waals surface area contributed by atoms with E-state index in [1.54, 1.807) is 37.3 Å². The number of ether oxygens (including phenoxy) is 3. The van der Waals surface area contributed by atoms with Gasteiger partial charge in [-0.1, -0.05) is 23.8 Å². The number of aryl methyl sites for hydroxylation is 2. The zero-order valence-corrected chi connectivity index (χ0v) is 27.8. The minimum Gasteiger partial charge on any atom is -0.496 e. The summed E-state index contributed by atoms with van der Waals surface area (Å²) in [5.41, 5.74) is 3.66. The minimum atomic E-state index is -4.60. The number of esters is 1. The molecule has 2 saturated heterocycles. The molecule has 0 bridgehead atoms. The number of amides is 1. The molecule has 14 heteroatoms. The molecule has 3 aromatic carbocycles. The molecule has 0 unspecified atom stereocenters. The lowest BCUT2D eigenvalue weighted by atomic mass is 9.94. The summed E-state index contributed by atoms with van der Waals surface area (Å²) in [6.45, 7) is 3.70. The predicted molar refractivity (Wildman–Crippen MR) is 173 cm³/mol. The van der Waals surface area contributed by atoms with Crippen molar-refractivity contribution in [2.45, 2.75) is 51.6 Å². The Bertz CT molecular complexity index is 1980. The van der Waals surface area contributed by atoms with Gasteiger partial charge in [-0.2, -0.15) is 13.2 Å². The first-order valence-corrected chi connectivity index (χ1v) is 15.6. The van der Waals surface area contributed by atoms with Crippen molar-refractivity contribution in [1.82, 2.24) is 14.9 Å². The third kappa shape index (κ3) is 6.66. The second-order valence-corrected chi connectivity index (χ2v) is 12.5. The SMILES string of the molecule is COC(=O)c1ccc(-c2ccc(OC)c(-c3cnc(N4CC(F)(F)C4)nc3CN3C(=O)O[C@H](c4cc(C)cc(C(F)(F)F)c4)[C@@H]3C)c2)c(C)c1. The van der Waals surface area contributed by atoms with E-state index in [4.69, 9.17) is 14.2 Å². The Morgan fingerprint density at radius 3 is 2.38 bits per heavy atom. The lowest BCUT2D eigenvalue weighted by molar-refractivity contribution is -0.137. The number of carbonyl (C=O) groups excluding carboxylic acids is 2. The van der Waals surface area contributed by atoms with Gasteiger partial charge in [0.2, 0.25) is 5.95 Å². The molecule has 2 aliphatic heterocycles. The van der Waals surface area contributed by atoms with Gasteiger partial charge in [0.1, 0.15) is 11.9 Å². The number of hydrogen-bond donors (Lipinski definition) is 0. The molecule has 6 rings (SSSR count). The Morgan fingerprint density at radius 2 is 1.74 bits per heavy atom. The maximum atomic E-state index is 13.8. The molecule has 1 amide bonds. The Morgan fingerprint density at radius 1 is 1.00 bits per heavy atom. The highest BCUT2D eigenvalue weighted by atomic mass is 19.4. The van der Waals surface area contributed by atoms with Crippen molar-refractivity contribution >= 4 is 18.0 Å². The Balaban J connectivity index is 1.40. The summed E-state index contributed by atoms with van der Waals surface area (Å²) in [6, 6.07) is 13.4. The number of halogens is 5. The summed E-state index contributed by atoms with van der Waals surface area (Å²) in [7, 11) is 2.78. The molecule has 2 atom stereocenters. The summed E-state index contributed by atoms with van der Waals surface area (Å²) < 4.78 is 84.7. The smallest absolute Gasteiger partial charge is 0.416 e. The van der Waals surface area contributed by atoms with E-state index in [0.29, 0.717) is 28.0 Å². The van der Waals surface area contributed by atoms with Crippen LogP contribution in [0, 0.1) is 13.8 Å². The standard InChI is InChI=1S/C36H33F5N4O5/c1-19-10-24(13-25(11-19)36(39,40)41)31-21(3)45(34(47)50-31)16-29-28(15-42-33(43-29)44-17-35(37,38)18-44)27-14-22(7-9-30(27)48-4)26-8-6-23(12-20(26)2)32(46)49-5/h6-15,21,31H,16-18H2,1-5H3/t21-,31-/m0/s1. The molecule has 0 saturated carbocycles. The topological polar surface area (TPSA) is 94.1 Å². The number of anilines is 1. The molecule has 0 radical (unpaired) electrons. The van der Waals surface area contributed by atoms with Crippen molar-refractivity contribution in [3.63, 3.8) is 0 Å². The quantitative estimate of drug-likeness (QED) is 0.136. The van der Waals surface area contributed by atoms with Gasteiger partial charge in [-0.15, -0.1) is 0 Å². The van der Waals surface area contributed by atoms with Crippen molar-refractivity contribution in [3.05, 3.63) is 94.3 Å². The molecule has 4 aromatic rings. The van der Waals surface area contributed by atoms with Crippen LogP contribution >= 0.6 is 0 Å². The lowest BCUT2D eigenvalue weighted by Gasteiger charge is -2.38. The molecule has 9 nitrogen and oxygen atoms in total. The normalized spacial score (nSPS) is 18.5. The number of aromatic nitrogens is 2. The number of alkyl halides is 5. The van der Waals surface area contributed by atoms with E-state index >= 15 is 0 Å². The summed E-state index contributed by atoms with van der Waals surface area (Å²) >= 11 is 0. The lowest BCUT2D eigenvalue weighted by Crippen LogP contribution is -2.57. The van der Waals surface area contributed by atoms with E-state index in [9.17, 15) is 31.5 Å². The van der Waals surface area contributed by atoms with Gasteiger partial charge in [-0.3, -0.25) is 4.90 Å². The van der Waals surface area contributed by atoms with Gasteiger partial charge in [0, 0.05) is 17.3 Å². The highest BCUT2D eigenvalue weighted by Crippen LogP contribution is 2.41. The molecule has 3 heterocycles. The van der Waals surface area contributed by atoms with Crippen LogP contribution in [0.4, 0.5) is 32.7 Å². The van der Waals surface area contributed by atoms with Crippen LogP contribution in [0.15, 0.2) is 60.8 Å². The van der Waals surface area contributed by atoms with Gasteiger partial charge in [0.05, 0.1) is 56.7 Å². The molecule has 2 fully saturated rings. The van der Waals surface area contributed by atoms with Crippen LogP contribution in [0.2, 0.25) is 0 Å². The largest absolute Gasteiger partial charge is 0.496 e. The van der Waals surface area contributed by atoms with E-state index in [1.165, 1.54) is 37.1 Å². The fourth-order valence-electron chi connectivity index (χ4n) is 6.34. The number of rotatable bonds is 8. The van der Waals surface area contributed by atoms with E-state index in [1.807, 2.05) is 19.1 Å². The summed E-state index contributed by atoms with van der Waals surface area (Å²) in [4.78, 5) is 37.1. The predicted octanol–water partition coefficient (Wildman–Crippen LogP) is 7.78. The van der Waals surface area contributed by atoms with Gasteiger partial charge in [0.15, 0.2) is 0 Å². The van der Waals surface area contributed by atoms with Crippen molar-refractivity contribution in [2.24, 2.45) is 0 Å². The average molecular weight is 697 g/mol. The molecular weight excluding hydrogens is 663 g/mol. The van der Waals surface area contributed by atoms with Crippen molar-refractivity contribution in [1.29, 1.82) is 0 Å². The first-order chi connectivity index (χ1) is 23.6. The highest BCUT2D eigenvalue weighted by Gasteiger charge is 2.46. The Kier molecular flexibility index (Phi) is 8.91. The van der Waals surface area contributed by atoms with Crippen LogP contribution in [-0.4, -0.2) is 66.2 Å². The third-order valence-corrected chi connectivity index (χ3v) is 8.90. The van der Waals surface area contributed by atoms with Gasteiger partial charge < -0.3 is 19.1 Å². The average Bonchev–Trinajstić information content (AvgIpc) is 3.34. The van der Waals surface area contributed by atoms with Crippen LogP contribution in [0.3, 0.4) is 0 Å². The first-order valence-electron chi connectivity index (χ1n) is 15.6. The Hall–Kier alpha value is -5.27. The zero-order valence-electron chi connectivity index (χ0n) is 27.8. The first kappa shape index (κ1) is 34.6. The van der Waals surface area contributed by atoms with Gasteiger partial charge in [-0.05, 0) is 79.4 Å². The Labute approximate surface area is 284 Å². The van der Waals surface area contributed by atoms with Crippen molar-refractivity contribution in [3.8, 4) is 28.0 Å². The van der Waals surface area contributed by atoms with E-state index in [-0.39, 0.29) is 23.8 Å². The zero-order chi connectivity index (χ0) is 36.1. The summed E-state index contributed by atoms with van der Waals surface area (Å²) in [5.74, 6) is -2.91. The molecule has 2 aliphatic rings. The van der Waals surface area contributed by atoms with E-state index < -0.39 is 55.0 Å². The van der Waals surface area contributed by atoms with Crippen LogP contribution in [-0.2, 0) is 22.2 Å². The van der Waals surface area contributed by atoms with Crippen LogP contribution < -0.4 is 9.64 Å². The second-order valence-electron chi connectivity index (χ2n) is 12.5. The minimum absolute atomic E-state index is 0.0318. The molecular formula is C36H33F5N4O5. The van der Waals surface area contributed by atoms with E-state index in [0.717, 1.165) is 28.8 Å². The third-order valence-electron chi connectivity index (χ3n) is 8.90. The summed E-state index contributed by atoms with van der Waals surface area (Å²) in [5, 5.41) is 0. The van der Waals surface area contributed by atoms with Gasteiger partial charge >= 0.3 is 18.2 Å². The molecule has 0 N–H and O–H groups in total. The molecule has 50 heavy (non-hydrogen) atoms. The van der Waals surface area contributed by atoms with Crippen LogP contribution in [0.25, 0.3) is 22.3 Å². The van der Waals surface area contributed by atoms with Crippen LogP contribution in [0.5, 0.6) is 5.75 Å². The number of cyclic esters (lactones) is 1. The van der Waals surface area contributed by atoms with Crippen LogP contribution in [0.1, 0.15) is 51.3 Å². The number of nitrogens with zero attached hydrogens (tertiary/aromatic N) is 4. The van der Waals surface area contributed by atoms with E-state index in [2.05, 4.69) is 9.97 Å². The number of hydrogen-bond acceptors (Lipinski definition) is 8. The molecule has 0 aliphatic carbocycles. The maximum absolute atomic E-state index is 13.8. The highest BCUT2D eigenvalue weighted by molar-refractivity contribution is 5.91. The number of methoxy groups -OCH3 is 2. The van der Waals surface area contributed by atoms with Crippen molar-refractivity contribution < 1.29 is 45.8 Å². The fraction of sp³-hybridized carbons (Fsp3) is 0.333. The number of carbonyl (C=O) groups is 2. The second kappa shape index (κ2) is 12.9. The number of benzene rings is 3. The van der Waals surface area contributed by atoms with Gasteiger partial charge in [0.25, 0.3) is 5.92 Å². The maximum Gasteiger partial charge on any atom is 0.416 e. The molecule has 0 spiro atoms. The van der Waals surface area contributed by atoms with Crippen molar-refractivity contribution in [2.75, 3.05) is 32.2 Å².